The quantitative estimate of drug-likeness (QED) is 0.636. The summed E-state index contributed by atoms with van der Waals surface area (Å²) in [5.74, 6) is 4.46. The molecule has 0 spiro atoms. The van der Waals surface area contributed by atoms with E-state index in [1.165, 1.54) is 5.69 Å². The summed E-state index contributed by atoms with van der Waals surface area (Å²) in [4.78, 5) is 4.53. The van der Waals surface area contributed by atoms with Crippen molar-refractivity contribution < 1.29 is 0 Å². The van der Waals surface area contributed by atoms with Crippen molar-refractivity contribution in [3.63, 3.8) is 0 Å². The van der Waals surface area contributed by atoms with Gasteiger partial charge in [0, 0.05) is 25.0 Å². The van der Waals surface area contributed by atoms with Crippen molar-refractivity contribution in [3.05, 3.63) is 35.8 Å². The Morgan fingerprint density at radius 3 is 3.22 bits per heavy atom. The molecule has 2 aromatic rings. The van der Waals surface area contributed by atoms with Gasteiger partial charge in [0.1, 0.15) is 5.65 Å². The Labute approximate surface area is 112 Å². The third-order valence-corrected chi connectivity index (χ3v) is 3.59. The van der Waals surface area contributed by atoms with Crippen LogP contribution in [0.15, 0.2) is 24.4 Å². The molecule has 0 aliphatic carbocycles. The lowest BCUT2D eigenvalue weighted by atomic mass is 10.3. The molecule has 0 fully saturated rings. The van der Waals surface area contributed by atoms with Crippen molar-refractivity contribution >= 4 is 17.4 Å². The number of hydrogen-bond acceptors (Lipinski definition) is 3. The van der Waals surface area contributed by atoms with Gasteiger partial charge in [-0.3, -0.25) is 0 Å². The molecule has 0 aliphatic heterocycles. The van der Waals surface area contributed by atoms with E-state index in [-0.39, 0.29) is 0 Å². The fraction of sp³-hybridized carbons (Fsp3) is 0.357. The van der Waals surface area contributed by atoms with Crippen molar-refractivity contribution in [1.82, 2.24) is 14.7 Å². The third kappa shape index (κ3) is 3.06. The van der Waals surface area contributed by atoms with E-state index in [1.54, 1.807) is 11.8 Å². The molecule has 0 aliphatic rings. The van der Waals surface area contributed by atoms with Crippen molar-refractivity contribution in [3.8, 4) is 12.3 Å². The van der Waals surface area contributed by atoms with Crippen molar-refractivity contribution in [1.29, 1.82) is 0 Å². The summed E-state index contributed by atoms with van der Waals surface area (Å²) in [5, 5.41) is 3.43. The lowest BCUT2D eigenvalue weighted by molar-refractivity contribution is 0.706. The second-order valence-electron chi connectivity index (χ2n) is 4.01. The second kappa shape index (κ2) is 6.48. The van der Waals surface area contributed by atoms with Gasteiger partial charge >= 0.3 is 0 Å². The molecular formula is C14H17N3S. The maximum absolute atomic E-state index is 5.20. The molecule has 4 heteroatoms. The molecule has 3 nitrogen and oxygen atoms in total. The minimum atomic E-state index is 0.788. The van der Waals surface area contributed by atoms with Gasteiger partial charge in [-0.2, -0.15) is 0 Å². The number of pyridine rings is 1. The van der Waals surface area contributed by atoms with Crippen LogP contribution in [0.3, 0.4) is 0 Å². The van der Waals surface area contributed by atoms with Gasteiger partial charge in [0.05, 0.1) is 17.1 Å². The van der Waals surface area contributed by atoms with Gasteiger partial charge in [0.25, 0.3) is 0 Å². The van der Waals surface area contributed by atoms with Crippen molar-refractivity contribution in [2.45, 2.75) is 13.5 Å². The van der Waals surface area contributed by atoms with Gasteiger partial charge < -0.3 is 9.72 Å². The molecule has 94 valence electrons. The Bertz CT molecular complexity index is 554. The van der Waals surface area contributed by atoms with Gasteiger partial charge in [-0.05, 0) is 19.1 Å². The Hall–Kier alpha value is -1.44. The van der Waals surface area contributed by atoms with Gasteiger partial charge in [-0.1, -0.05) is 12.0 Å². The minimum absolute atomic E-state index is 0.788. The number of fused-ring (bicyclic) bond motifs is 1. The second-order valence-corrected chi connectivity index (χ2v) is 5.11. The van der Waals surface area contributed by atoms with Crippen LogP contribution >= 0.6 is 11.8 Å². The first kappa shape index (κ1) is 13.0. The first-order valence-electron chi connectivity index (χ1n) is 5.97. The Balaban J connectivity index is 1.91. The number of imidazole rings is 1. The third-order valence-electron chi connectivity index (χ3n) is 2.73. The SMILES string of the molecule is C#CCSCCNCc1c(C)nc2ccccn12. The monoisotopic (exact) mass is 259 g/mol. The zero-order valence-corrected chi connectivity index (χ0v) is 11.3. The molecule has 0 bridgehead atoms. The average Bonchev–Trinajstić information content (AvgIpc) is 2.70. The molecule has 0 atom stereocenters. The smallest absolute Gasteiger partial charge is 0.137 e. The average molecular weight is 259 g/mol. The molecule has 0 saturated carbocycles. The van der Waals surface area contributed by atoms with E-state index in [0.717, 1.165) is 35.9 Å². The summed E-state index contributed by atoms with van der Waals surface area (Å²) >= 11 is 1.78. The molecule has 2 rings (SSSR count). The van der Waals surface area contributed by atoms with Crippen LogP contribution < -0.4 is 5.32 Å². The van der Waals surface area contributed by atoms with E-state index >= 15 is 0 Å². The number of hydrogen-bond donors (Lipinski definition) is 1. The van der Waals surface area contributed by atoms with Crippen LogP contribution in [-0.2, 0) is 6.54 Å². The summed E-state index contributed by atoms with van der Waals surface area (Å²) in [5.41, 5.74) is 3.33. The normalized spacial score (nSPS) is 10.7. The largest absolute Gasteiger partial charge is 0.310 e. The number of rotatable bonds is 6. The Kier molecular flexibility index (Phi) is 4.68. The summed E-state index contributed by atoms with van der Waals surface area (Å²) in [6, 6.07) is 6.06. The number of terminal acetylenes is 1. The van der Waals surface area contributed by atoms with E-state index in [0.29, 0.717) is 0 Å². The van der Waals surface area contributed by atoms with E-state index in [9.17, 15) is 0 Å². The number of thioether (sulfide) groups is 1. The van der Waals surface area contributed by atoms with E-state index < -0.39 is 0 Å². The lowest BCUT2D eigenvalue weighted by Gasteiger charge is -2.05. The summed E-state index contributed by atoms with van der Waals surface area (Å²) < 4.78 is 2.14. The van der Waals surface area contributed by atoms with E-state index in [4.69, 9.17) is 6.42 Å². The molecule has 2 heterocycles. The first-order valence-corrected chi connectivity index (χ1v) is 7.13. The Morgan fingerprint density at radius 2 is 2.39 bits per heavy atom. The topological polar surface area (TPSA) is 29.3 Å². The molecule has 1 N–H and O–H groups in total. The zero-order chi connectivity index (χ0) is 12.8. The molecule has 0 aromatic carbocycles. The minimum Gasteiger partial charge on any atom is -0.310 e. The number of aryl methyl sites for hydroxylation is 1. The first-order chi connectivity index (χ1) is 8.83. The van der Waals surface area contributed by atoms with Crippen LogP contribution in [0.5, 0.6) is 0 Å². The van der Waals surface area contributed by atoms with E-state index in [2.05, 4.69) is 33.7 Å². The van der Waals surface area contributed by atoms with Crippen LogP contribution in [-0.4, -0.2) is 27.4 Å². The summed E-state index contributed by atoms with van der Waals surface area (Å²) in [6.45, 7) is 3.86. The highest BCUT2D eigenvalue weighted by Crippen LogP contribution is 2.11. The number of nitrogens with one attached hydrogen (secondary N) is 1. The number of aromatic nitrogens is 2. The fourth-order valence-corrected chi connectivity index (χ4v) is 2.41. The van der Waals surface area contributed by atoms with Crippen LogP contribution in [0.25, 0.3) is 5.65 Å². The van der Waals surface area contributed by atoms with Crippen molar-refractivity contribution in [2.24, 2.45) is 0 Å². The number of nitrogens with zero attached hydrogens (tertiary/aromatic N) is 2. The maximum Gasteiger partial charge on any atom is 0.137 e. The van der Waals surface area contributed by atoms with Crippen molar-refractivity contribution in [2.75, 3.05) is 18.1 Å². The standard InChI is InChI=1S/C14H17N3S/c1-3-9-18-10-7-15-11-13-12(2)16-14-6-4-5-8-17(13)14/h1,4-6,8,15H,7,9-11H2,2H3. The Morgan fingerprint density at radius 1 is 1.50 bits per heavy atom. The molecule has 0 amide bonds. The highest BCUT2D eigenvalue weighted by Gasteiger charge is 2.06. The molecule has 0 saturated heterocycles. The highest BCUT2D eigenvalue weighted by molar-refractivity contribution is 7.99. The summed E-state index contributed by atoms with van der Waals surface area (Å²) in [6.07, 6.45) is 7.25. The van der Waals surface area contributed by atoms with Gasteiger partial charge in [0.2, 0.25) is 0 Å². The van der Waals surface area contributed by atoms with Crippen LogP contribution in [0.1, 0.15) is 11.4 Å². The van der Waals surface area contributed by atoms with E-state index in [1.807, 2.05) is 18.2 Å². The van der Waals surface area contributed by atoms with Crippen LogP contribution in [0.2, 0.25) is 0 Å². The zero-order valence-electron chi connectivity index (χ0n) is 10.5. The molecule has 2 aromatic heterocycles. The van der Waals surface area contributed by atoms with Gasteiger partial charge in [-0.25, -0.2) is 4.98 Å². The summed E-state index contributed by atoms with van der Waals surface area (Å²) in [7, 11) is 0. The molecule has 0 radical (unpaired) electrons. The molecule has 0 unspecified atom stereocenters. The molecule has 18 heavy (non-hydrogen) atoms. The van der Waals surface area contributed by atoms with Crippen LogP contribution in [0.4, 0.5) is 0 Å². The molecular weight excluding hydrogens is 242 g/mol. The van der Waals surface area contributed by atoms with Crippen LogP contribution in [0, 0.1) is 19.3 Å². The maximum atomic E-state index is 5.20. The fourth-order valence-electron chi connectivity index (χ4n) is 1.86. The lowest BCUT2D eigenvalue weighted by Crippen LogP contribution is -2.18. The van der Waals surface area contributed by atoms with Gasteiger partial charge in [-0.15, -0.1) is 18.2 Å². The van der Waals surface area contributed by atoms with Gasteiger partial charge in [0.15, 0.2) is 0 Å². The predicted octanol–water partition coefficient (Wildman–Crippen LogP) is 2.10. The highest BCUT2D eigenvalue weighted by atomic mass is 32.2. The predicted molar refractivity (Wildman–Crippen MR) is 77.8 cm³/mol.